The van der Waals surface area contributed by atoms with E-state index in [1.807, 2.05) is 54.2 Å². The second-order valence-corrected chi connectivity index (χ2v) is 10.9. The molecule has 236 valence electrons. The molecule has 3 aromatic heterocycles. The predicted molar refractivity (Wildman–Crippen MR) is 169 cm³/mol. The van der Waals surface area contributed by atoms with Crippen LogP contribution in [0.4, 0.5) is 11.9 Å². The number of unbranched alkanes of at least 4 members (excludes halogenated alkanes) is 1. The molecule has 1 unspecified atom stereocenters. The maximum absolute atomic E-state index is 13.3. The van der Waals surface area contributed by atoms with Crippen LogP contribution in [0.5, 0.6) is 0 Å². The summed E-state index contributed by atoms with van der Waals surface area (Å²) in [5.41, 5.74) is 11.3. The van der Waals surface area contributed by atoms with Crippen molar-refractivity contribution in [2.45, 2.75) is 72.3 Å². The fraction of sp³-hybridized carbons (Fsp3) is 0.355. The summed E-state index contributed by atoms with van der Waals surface area (Å²) in [6.45, 7) is 7.29. The number of nitrogens with zero attached hydrogens (tertiary/aromatic N) is 6. The Morgan fingerprint density at radius 2 is 1.64 bits per heavy atom. The number of benzene rings is 2. The van der Waals surface area contributed by atoms with Crippen LogP contribution in [-0.4, -0.2) is 56.9 Å². The van der Waals surface area contributed by atoms with Gasteiger partial charge >= 0.3 is 5.97 Å². The van der Waals surface area contributed by atoms with Crippen molar-refractivity contribution in [3.8, 4) is 0 Å². The molecule has 0 saturated carbocycles. The molecule has 3 heterocycles. The number of nitrogens with one attached hydrogen (secondary N) is 2. The van der Waals surface area contributed by atoms with E-state index in [-0.39, 0.29) is 18.7 Å². The van der Waals surface area contributed by atoms with Crippen LogP contribution in [0.2, 0.25) is 0 Å². The number of aliphatic hydroxyl groups is 1. The van der Waals surface area contributed by atoms with Crippen molar-refractivity contribution < 1.29 is 24.6 Å². The van der Waals surface area contributed by atoms with Crippen LogP contribution in [0, 0.1) is 13.8 Å². The SMILES string of the molecule is CCn1nc(C)cc1C(=O)Nc1nc2cc(C(N)O)ccc2n1CCCCn1c(NC(=O)CCC(=O)O)nc2cccc(C)c21. The van der Waals surface area contributed by atoms with E-state index >= 15 is 0 Å². The average molecular weight is 616 g/mol. The van der Waals surface area contributed by atoms with Crippen LogP contribution in [0.15, 0.2) is 42.5 Å². The molecule has 1 atom stereocenters. The third-order valence-electron chi connectivity index (χ3n) is 7.57. The van der Waals surface area contributed by atoms with Crippen LogP contribution in [-0.2, 0) is 29.2 Å². The van der Waals surface area contributed by atoms with Crippen LogP contribution in [0.3, 0.4) is 0 Å². The molecule has 45 heavy (non-hydrogen) atoms. The molecule has 5 aromatic rings. The van der Waals surface area contributed by atoms with E-state index in [0.717, 1.165) is 27.8 Å². The van der Waals surface area contributed by atoms with Gasteiger partial charge in [-0.15, -0.1) is 0 Å². The number of aryl methyl sites for hydroxylation is 5. The minimum absolute atomic E-state index is 0.152. The number of carbonyl (C=O) groups is 3. The number of aliphatic carboxylic acids is 1. The fourth-order valence-electron chi connectivity index (χ4n) is 5.41. The van der Waals surface area contributed by atoms with E-state index in [1.165, 1.54) is 0 Å². The second-order valence-electron chi connectivity index (χ2n) is 10.9. The van der Waals surface area contributed by atoms with E-state index in [0.29, 0.717) is 61.1 Å². The molecule has 0 aliphatic heterocycles. The van der Waals surface area contributed by atoms with Gasteiger partial charge in [0.15, 0.2) is 0 Å². The Morgan fingerprint density at radius 1 is 0.933 bits per heavy atom. The van der Waals surface area contributed by atoms with Gasteiger partial charge in [-0.25, -0.2) is 9.97 Å². The number of hydrogen-bond donors (Lipinski definition) is 5. The summed E-state index contributed by atoms with van der Waals surface area (Å²) < 4.78 is 5.50. The fourth-order valence-corrected chi connectivity index (χ4v) is 5.41. The topological polar surface area (TPSA) is 195 Å². The van der Waals surface area contributed by atoms with Gasteiger partial charge in [0.25, 0.3) is 5.91 Å². The monoisotopic (exact) mass is 615 g/mol. The third kappa shape index (κ3) is 6.86. The molecule has 0 radical (unpaired) electrons. The Bertz CT molecular complexity index is 1890. The third-order valence-corrected chi connectivity index (χ3v) is 7.57. The van der Waals surface area contributed by atoms with E-state index in [4.69, 9.17) is 10.8 Å². The number of rotatable bonds is 13. The Kier molecular flexibility index (Phi) is 9.25. The van der Waals surface area contributed by atoms with Crippen molar-refractivity contribution in [2.75, 3.05) is 10.6 Å². The van der Waals surface area contributed by atoms with E-state index in [2.05, 4.69) is 25.7 Å². The van der Waals surface area contributed by atoms with Crippen LogP contribution < -0.4 is 16.4 Å². The van der Waals surface area contributed by atoms with Crippen LogP contribution in [0.1, 0.15) is 66.1 Å². The number of imidazole rings is 2. The Labute approximate surface area is 258 Å². The summed E-state index contributed by atoms with van der Waals surface area (Å²) in [6.07, 6.45) is -0.214. The second kappa shape index (κ2) is 13.3. The number of carboxylic acids is 1. The average Bonchev–Trinajstić information content (AvgIpc) is 3.66. The van der Waals surface area contributed by atoms with Gasteiger partial charge in [-0.3, -0.25) is 29.7 Å². The number of aliphatic hydroxyl groups excluding tert-OH is 1. The first kappa shape index (κ1) is 31.3. The van der Waals surface area contributed by atoms with E-state index in [9.17, 15) is 19.5 Å². The molecule has 0 fully saturated rings. The summed E-state index contributed by atoms with van der Waals surface area (Å²) in [7, 11) is 0. The molecule has 6 N–H and O–H groups in total. The summed E-state index contributed by atoms with van der Waals surface area (Å²) in [5, 5.41) is 29.0. The van der Waals surface area contributed by atoms with Crippen molar-refractivity contribution >= 4 is 51.7 Å². The number of para-hydroxylation sites is 1. The first-order valence-corrected chi connectivity index (χ1v) is 14.8. The Hall–Kier alpha value is -5.08. The summed E-state index contributed by atoms with van der Waals surface area (Å²) in [4.78, 5) is 46.0. The highest BCUT2D eigenvalue weighted by atomic mass is 16.4. The molecule has 0 aliphatic rings. The molecular weight excluding hydrogens is 578 g/mol. The van der Waals surface area contributed by atoms with Crippen LogP contribution >= 0.6 is 0 Å². The van der Waals surface area contributed by atoms with Gasteiger partial charge in [0, 0.05) is 26.1 Å². The van der Waals surface area contributed by atoms with Crippen molar-refractivity contribution in [1.29, 1.82) is 0 Å². The highest BCUT2D eigenvalue weighted by Gasteiger charge is 2.20. The van der Waals surface area contributed by atoms with Crippen molar-refractivity contribution in [2.24, 2.45) is 5.73 Å². The molecule has 14 nitrogen and oxygen atoms in total. The summed E-state index contributed by atoms with van der Waals surface area (Å²) in [5.74, 6) is -1.07. The van der Waals surface area contributed by atoms with Crippen molar-refractivity contribution in [1.82, 2.24) is 28.9 Å². The van der Waals surface area contributed by atoms with E-state index in [1.54, 1.807) is 22.9 Å². The number of aromatic nitrogens is 6. The number of anilines is 2. The maximum Gasteiger partial charge on any atom is 0.303 e. The summed E-state index contributed by atoms with van der Waals surface area (Å²) >= 11 is 0. The molecule has 5 rings (SSSR count). The largest absolute Gasteiger partial charge is 0.481 e. The molecule has 2 amide bonds. The van der Waals surface area contributed by atoms with Gasteiger partial charge in [-0.2, -0.15) is 5.10 Å². The zero-order chi connectivity index (χ0) is 32.2. The normalized spacial score (nSPS) is 12.1. The number of hydrogen-bond acceptors (Lipinski definition) is 8. The van der Waals surface area contributed by atoms with Gasteiger partial charge < -0.3 is 25.1 Å². The van der Waals surface area contributed by atoms with Gasteiger partial charge in [-0.05, 0) is 69.0 Å². The lowest BCUT2D eigenvalue weighted by Gasteiger charge is -2.13. The summed E-state index contributed by atoms with van der Waals surface area (Å²) in [6, 6.07) is 12.7. The number of carbonyl (C=O) groups excluding carboxylic acids is 2. The zero-order valence-electron chi connectivity index (χ0n) is 25.4. The predicted octanol–water partition coefficient (Wildman–Crippen LogP) is 3.70. The number of amides is 2. The number of carboxylic acid groups (broad SMARTS) is 1. The molecule has 2 aromatic carbocycles. The standard InChI is InChI=1S/C31H37N9O5/c1-4-40-24(16-19(3)37-40)29(45)36-31-34-22-17-20(28(32)44)10-11-23(22)38(31)14-5-6-15-39-27-18(2)8-7-9-21(27)33-30(39)35-25(41)12-13-26(42)43/h7-11,16-17,28,44H,4-6,12-15,32H2,1-3H3,(H,42,43)(H,33,35,41)(H,34,36,45). The Balaban J connectivity index is 1.38. The minimum Gasteiger partial charge on any atom is -0.481 e. The molecule has 14 heteroatoms. The number of fused-ring (bicyclic) bond motifs is 2. The molecule has 0 spiro atoms. The maximum atomic E-state index is 13.3. The first-order chi connectivity index (χ1) is 21.5. The zero-order valence-corrected chi connectivity index (χ0v) is 25.4. The van der Waals surface area contributed by atoms with Crippen LogP contribution in [0.25, 0.3) is 22.1 Å². The molecule has 0 aliphatic carbocycles. The Morgan fingerprint density at radius 3 is 2.36 bits per heavy atom. The van der Waals surface area contributed by atoms with Gasteiger partial charge in [-0.1, -0.05) is 18.2 Å². The lowest BCUT2D eigenvalue weighted by atomic mass is 10.2. The molecule has 0 bridgehead atoms. The smallest absolute Gasteiger partial charge is 0.303 e. The van der Waals surface area contributed by atoms with E-state index < -0.39 is 18.1 Å². The minimum atomic E-state index is -1.16. The van der Waals surface area contributed by atoms with Gasteiger partial charge in [0.2, 0.25) is 17.8 Å². The quantitative estimate of drug-likeness (QED) is 0.0969. The van der Waals surface area contributed by atoms with Gasteiger partial charge in [0.05, 0.1) is 34.2 Å². The molecule has 0 saturated heterocycles. The lowest BCUT2D eigenvalue weighted by molar-refractivity contribution is -0.138. The van der Waals surface area contributed by atoms with Crippen molar-refractivity contribution in [3.05, 3.63) is 65.0 Å². The van der Waals surface area contributed by atoms with Gasteiger partial charge in [0.1, 0.15) is 11.9 Å². The first-order valence-electron chi connectivity index (χ1n) is 14.8. The highest BCUT2D eigenvalue weighted by molar-refractivity contribution is 6.03. The number of nitrogens with two attached hydrogens (primary N) is 1. The highest BCUT2D eigenvalue weighted by Crippen LogP contribution is 2.26. The lowest BCUT2D eigenvalue weighted by Crippen LogP contribution is -2.20. The van der Waals surface area contributed by atoms with Crippen molar-refractivity contribution in [3.63, 3.8) is 0 Å². The molecular formula is C31H37N9O5.